The first-order valence-corrected chi connectivity index (χ1v) is 10.7. The molecule has 2 aliphatic rings. The lowest BCUT2D eigenvalue weighted by atomic mass is 10.0. The molecule has 4 rings (SSSR count). The van der Waals surface area contributed by atoms with Crippen molar-refractivity contribution in [3.8, 4) is 0 Å². The maximum absolute atomic E-state index is 12.8. The third-order valence-electron chi connectivity index (χ3n) is 5.99. The number of carbonyl (C=O) groups is 2. The highest BCUT2D eigenvalue weighted by Gasteiger charge is 2.27. The number of rotatable bonds is 5. The van der Waals surface area contributed by atoms with Crippen molar-refractivity contribution in [2.45, 2.75) is 45.6 Å². The number of fused-ring (bicyclic) bond motifs is 1. The van der Waals surface area contributed by atoms with Gasteiger partial charge in [-0.3, -0.25) is 9.59 Å². The van der Waals surface area contributed by atoms with Gasteiger partial charge < -0.3 is 15.1 Å². The van der Waals surface area contributed by atoms with Crippen LogP contribution < -0.4 is 15.1 Å². The van der Waals surface area contributed by atoms with Gasteiger partial charge in [0.2, 0.25) is 5.91 Å². The van der Waals surface area contributed by atoms with E-state index in [0.717, 1.165) is 36.3 Å². The average molecular weight is 392 g/mol. The van der Waals surface area contributed by atoms with E-state index in [2.05, 4.69) is 34.5 Å². The van der Waals surface area contributed by atoms with Crippen molar-refractivity contribution in [1.82, 2.24) is 5.32 Å². The quantitative estimate of drug-likeness (QED) is 0.841. The van der Waals surface area contributed by atoms with Crippen LogP contribution >= 0.6 is 0 Å². The molecular weight excluding hydrogens is 362 g/mol. The number of hydrogen-bond acceptors (Lipinski definition) is 3. The van der Waals surface area contributed by atoms with Crippen LogP contribution in [-0.2, 0) is 17.8 Å². The van der Waals surface area contributed by atoms with Crippen LogP contribution in [0.2, 0.25) is 0 Å². The number of piperidine rings is 1. The van der Waals surface area contributed by atoms with E-state index in [1.54, 1.807) is 4.90 Å². The van der Waals surface area contributed by atoms with Gasteiger partial charge in [0.15, 0.2) is 0 Å². The molecule has 0 aliphatic carbocycles. The van der Waals surface area contributed by atoms with E-state index in [9.17, 15) is 9.59 Å². The third-order valence-corrected chi connectivity index (χ3v) is 5.99. The maximum atomic E-state index is 12.8. The number of benzene rings is 2. The minimum Gasteiger partial charge on any atom is -0.372 e. The van der Waals surface area contributed by atoms with Crippen LogP contribution in [0.25, 0.3) is 0 Å². The molecule has 29 heavy (non-hydrogen) atoms. The van der Waals surface area contributed by atoms with Gasteiger partial charge in [0, 0.05) is 49.5 Å². The van der Waals surface area contributed by atoms with Gasteiger partial charge in [0.05, 0.1) is 0 Å². The summed E-state index contributed by atoms with van der Waals surface area (Å²) in [7, 11) is 0. The van der Waals surface area contributed by atoms with Gasteiger partial charge in [-0.15, -0.1) is 0 Å². The van der Waals surface area contributed by atoms with Crippen LogP contribution in [0, 0.1) is 0 Å². The predicted molar refractivity (Wildman–Crippen MR) is 116 cm³/mol. The van der Waals surface area contributed by atoms with Crippen molar-refractivity contribution in [2.75, 3.05) is 29.4 Å². The second kappa shape index (κ2) is 8.68. The predicted octanol–water partition coefficient (Wildman–Crippen LogP) is 3.91. The van der Waals surface area contributed by atoms with Crippen LogP contribution in [0.5, 0.6) is 0 Å². The maximum Gasteiger partial charge on any atom is 0.251 e. The highest BCUT2D eigenvalue weighted by atomic mass is 16.2. The lowest BCUT2D eigenvalue weighted by Crippen LogP contribution is -2.29. The summed E-state index contributed by atoms with van der Waals surface area (Å²) < 4.78 is 0. The molecule has 5 nitrogen and oxygen atoms in total. The van der Waals surface area contributed by atoms with Crippen molar-refractivity contribution < 1.29 is 9.59 Å². The Kier molecular flexibility index (Phi) is 5.84. The molecule has 0 unspecified atom stereocenters. The van der Waals surface area contributed by atoms with Crippen LogP contribution in [0.15, 0.2) is 42.5 Å². The van der Waals surface area contributed by atoms with E-state index >= 15 is 0 Å². The highest BCUT2D eigenvalue weighted by molar-refractivity contribution is 6.01. The summed E-state index contributed by atoms with van der Waals surface area (Å²) in [4.78, 5) is 29.2. The van der Waals surface area contributed by atoms with Crippen molar-refractivity contribution >= 4 is 23.2 Å². The molecule has 1 saturated heterocycles. The topological polar surface area (TPSA) is 52.7 Å². The van der Waals surface area contributed by atoms with Gasteiger partial charge in [-0.1, -0.05) is 25.1 Å². The van der Waals surface area contributed by atoms with E-state index in [-0.39, 0.29) is 11.8 Å². The van der Waals surface area contributed by atoms with Crippen LogP contribution in [0.4, 0.5) is 11.4 Å². The van der Waals surface area contributed by atoms with Crippen molar-refractivity contribution in [2.24, 2.45) is 0 Å². The molecule has 1 fully saturated rings. The Morgan fingerprint density at radius 3 is 2.45 bits per heavy atom. The molecule has 2 aliphatic heterocycles. The molecule has 0 spiro atoms. The van der Waals surface area contributed by atoms with Gasteiger partial charge in [-0.05, 0) is 61.1 Å². The average Bonchev–Trinajstić information content (AvgIpc) is 3.22. The fourth-order valence-electron chi connectivity index (χ4n) is 4.35. The van der Waals surface area contributed by atoms with E-state index < -0.39 is 0 Å². The zero-order valence-corrected chi connectivity index (χ0v) is 17.1. The lowest BCUT2D eigenvalue weighted by molar-refractivity contribution is -0.118. The Morgan fingerprint density at radius 2 is 1.72 bits per heavy atom. The van der Waals surface area contributed by atoms with Crippen molar-refractivity contribution in [3.05, 3.63) is 59.2 Å². The molecule has 5 heteroatoms. The lowest BCUT2D eigenvalue weighted by Gasteiger charge is -2.28. The Bertz CT molecular complexity index is 885. The zero-order valence-electron chi connectivity index (χ0n) is 17.1. The van der Waals surface area contributed by atoms with Gasteiger partial charge in [-0.25, -0.2) is 0 Å². The molecular formula is C24H29N3O2. The van der Waals surface area contributed by atoms with Gasteiger partial charge in [0.25, 0.3) is 5.91 Å². The second-order valence-corrected chi connectivity index (χ2v) is 7.85. The summed E-state index contributed by atoms with van der Waals surface area (Å²) in [5.74, 6) is 0.0304. The van der Waals surface area contributed by atoms with Crippen molar-refractivity contribution in [1.29, 1.82) is 0 Å². The Morgan fingerprint density at radius 1 is 0.966 bits per heavy atom. The zero-order chi connectivity index (χ0) is 20.2. The molecule has 152 valence electrons. The summed E-state index contributed by atoms with van der Waals surface area (Å²) in [6.45, 7) is 5.29. The molecule has 2 aromatic carbocycles. The molecule has 2 amide bonds. The van der Waals surface area contributed by atoms with Crippen molar-refractivity contribution in [3.63, 3.8) is 0 Å². The fourth-order valence-corrected chi connectivity index (χ4v) is 4.35. The van der Waals surface area contributed by atoms with E-state index in [0.29, 0.717) is 25.1 Å². The summed E-state index contributed by atoms with van der Waals surface area (Å²) >= 11 is 0. The Balaban J connectivity index is 1.40. The summed E-state index contributed by atoms with van der Waals surface area (Å²) in [6.07, 6.45) is 5.06. The van der Waals surface area contributed by atoms with E-state index in [1.807, 2.05) is 25.1 Å². The molecule has 0 atom stereocenters. The first-order valence-electron chi connectivity index (χ1n) is 10.7. The largest absolute Gasteiger partial charge is 0.372 e. The molecule has 0 bridgehead atoms. The Labute approximate surface area is 172 Å². The number of hydrogen-bond donors (Lipinski definition) is 1. The second-order valence-electron chi connectivity index (χ2n) is 7.85. The smallest absolute Gasteiger partial charge is 0.251 e. The summed E-state index contributed by atoms with van der Waals surface area (Å²) in [5, 5.41) is 3.05. The van der Waals surface area contributed by atoms with Gasteiger partial charge in [0.1, 0.15) is 0 Å². The molecule has 2 aromatic rings. The number of carbonyl (C=O) groups excluding carboxylic acids is 2. The highest BCUT2D eigenvalue weighted by Crippen LogP contribution is 2.31. The van der Waals surface area contributed by atoms with Crippen LogP contribution in [0.3, 0.4) is 0 Å². The Hall–Kier alpha value is -2.82. The normalized spacial score (nSPS) is 15.9. The fraction of sp³-hybridized carbons (Fsp3) is 0.417. The van der Waals surface area contributed by atoms with Gasteiger partial charge >= 0.3 is 0 Å². The minimum atomic E-state index is -0.0762. The molecule has 0 radical (unpaired) electrons. The molecule has 0 aromatic heterocycles. The van der Waals surface area contributed by atoms with Crippen LogP contribution in [0.1, 0.15) is 54.1 Å². The van der Waals surface area contributed by atoms with E-state index in [4.69, 9.17) is 0 Å². The number of nitrogens with one attached hydrogen (secondary N) is 1. The first kappa shape index (κ1) is 19.5. The number of nitrogens with zero attached hydrogens (tertiary/aromatic N) is 2. The molecule has 0 saturated carbocycles. The molecule has 2 heterocycles. The summed E-state index contributed by atoms with van der Waals surface area (Å²) in [6, 6.07) is 14.2. The third kappa shape index (κ3) is 4.14. The van der Waals surface area contributed by atoms with E-state index in [1.165, 1.54) is 24.9 Å². The van der Waals surface area contributed by atoms with Gasteiger partial charge in [-0.2, -0.15) is 0 Å². The molecule has 1 N–H and O–H groups in total. The summed E-state index contributed by atoms with van der Waals surface area (Å²) in [5.41, 5.74) is 4.90. The standard InChI is InChI=1S/C24H29N3O2/c1-2-23(28)27-16-13-20-21(7-6-8-22(20)27)24(29)25-17-18-9-11-19(12-10-18)26-14-4-3-5-15-26/h6-12H,2-5,13-17H2,1H3,(H,25,29). The van der Waals surface area contributed by atoms with Crippen LogP contribution in [-0.4, -0.2) is 31.4 Å². The minimum absolute atomic E-state index is 0.0762. The first-order chi connectivity index (χ1) is 14.2. The monoisotopic (exact) mass is 391 g/mol. The SMILES string of the molecule is CCC(=O)N1CCc2c(C(=O)NCc3ccc(N4CCCCC4)cc3)cccc21. The number of anilines is 2. The number of amides is 2.